The van der Waals surface area contributed by atoms with Crippen molar-refractivity contribution in [2.45, 2.75) is 30.4 Å². The van der Waals surface area contributed by atoms with Crippen LogP contribution in [0.4, 0.5) is 0 Å². The molecule has 0 aliphatic rings. The molecule has 1 heterocycles. The summed E-state index contributed by atoms with van der Waals surface area (Å²) >= 11 is 0. The second-order valence-corrected chi connectivity index (χ2v) is 11.1. The number of aromatic nitrogens is 2. The number of carbonyl (C=O) groups is 1. The normalized spacial score (nSPS) is 11.4. The van der Waals surface area contributed by atoms with Crippen molar-refractivity contribution >= 4 is 26.8 Å². The van der Waals surface area contributed by atoms with E-state index >= 15 is 0 Å². The molecule has 4 rings (SSSR count). The van der Waals surface area contributed by atoms with Gasteiger partial charge in [-0.2, -0.15) is 0 Å². The highest BCUT2D eigenvalue weighted by molar-refractivity contribution is 7.90. The molecule has 9 heteroatoms. The number of rotatable bonds is 9. The Kier molecular flexibility index (Phi) is 7.97. The van der Waals surface area contributed by atoms with E-state index < -0.39 is 9.84 Å². The summed E-state index contributed by atoms with van der Waals surface area (Å²) in [5, 5.41) is 0. The zero-order valence-corrected chi connectivity index (χ0v) is 23.0. The van der Waals surface area contributed by atoms with E-state index in [2.05, 4.69) is 0 Å². The third kappa shape index (κ3) is 5.62. The monoisotopic (exact) mass is 533 g/mol. The first-order chi connectivity index (χ1) is 18.2. The number of carbonyl (C=O) groups excluding carboxylic acids is 1. The number of benzene rings is 3. The fraction of sp³-hybridized carbons (Fsp3) is 0.276. The van der Waals surface area contributed by atoms with E-state index in [0.717, 1.165) is 17.5 Å². The number of fused-ring (bicyclic) bond motifs is 1. The Labute approximate surface area is 223 Å². The van der Waals surface area contributed by atoms with Crippen LogP contribution >= 0.6 is 0 Å². The molecule has 0 atom stereocenters. The number of ether oxygens (including phenoxy) is 2. The van der Waals surface area contributed by atoms with Crippen LogP contribution in [0.25, 0.3) is 11.0 Å². The molecule has 0 aliphatic heterocycles. The van der Waals surface area contributed by atoms with Gasteiger partial charge in [0, 0.05) is 32.1 Å². The van der Waals surface area contributed by atoms with Crippen LogP contribution in [0.1, 0.15) is 39.8 Å². The zero-order valence-electron chi connectivity index (χ0n) is 22.2. The van der Waals surface area contributed by atoms with E-state index in [0.29, 0.717) is 45.9 Å². The minimum atomic E-state index is -3.78. The van der Waals surface area contributed by atoms with Crippen LogP contribution < -0.4 is 9.47 Å². The maximum atomic E-state index is 13.5. The number of nitrogens with zero attached hydrogens (tertiary/aromatic N) is 3. The summed E-state index contributed by atoms with van der Waals surface area (Å²) in [6.07, 6.45) is 1.07. The second-order valence-electron chi connectivity index (χ2n) is 9.09. The number of para-hydroxylation sites is 2. The molecule has 1 aromatic heterocycles. The molecule has 0 aliphatic carbocycles. The summed E-state index contributed by atoms with van der Waals surface area (Å²) in [5.41, 5.74) is 4.59. The highest BCUT2D eigenvalue weighted by Crippen LogP contribution is 2.32. The second kappa shape index (κ2) is 11.2. The molecular weight excluding hydrogens is 502 g/mol. The summed E-state index contributed by atoms with van der Waals surface area (Å²) in [6, 6.07) is 17.1. The van der Waals surface area contributed by atoms with Crippen molar-refractivity contribution in [3.05, 3.63) is 88.7 Å². The van der Waals surface area contributed by atoms with Gasteiger partial charge in [-0.25, -0.2) is 18.4 Å². The van der Waals surface area contributed by atoms with Gasteiger partial charge in [0.15, 0.2) is 9.84 Å². The van der Waals surface area contributed by atoms with Gasteiger partial charge in [0.2, 0.25) is 0 Å². The van der Waals surface area contributed by atoms with Gasteiger partial charge >= 0.3 is 0 Å². The van der Waals surface area contributed by atoms with E-state index in [9.17, 15) is 13.2 Å². The van der Waals surface area contributed by atoms with Crippen LogP contribution in [0.15, 0.2) is 65.6 Å². The third-order valence-corrected chi connectivity index (χ3v) is 8.00. The van der Waals surface area contributed by atoms with E-state index in [1.54, 1.807) is 28.3 Å². The van der Waals surface area contributed by atoms with Crippen molar-refractivity contribution in [3.8, 4) is 11.5 Å². The predicted octanol–water partition coefficient (Wildman–Crippen LogP) is 4.48. The van der Waals surface area contributed by atoms with Crippen LogP contribution in [0.3, 0.4) is 0 Å². The van der Waals surface area contributed by atoms with Crippen LogP contribution in [0, 0.1) is 0 Å². The Morgan fingerprint density at radius 2 is 1.53 bits per heavy atom. The van der Waals surface area contributed by atoms with Gasteiger partial charge in [0.1, 0.15) is 11.5 Å². The third-order valence-electron chi connectivity index (χ3n) is 6.36. The first kappa shape index (κ1) is 27.1. The Morgan fingerprint density at radius 1 is 0.895 bits per heavy atom. The number of hydrogen-bond acceptors (Lipinski definition) is 7. The lowest BCUT2D eigenvalue weighted by Crippen LogP contribution is -2.21. The number of methoxy groups -OCH3 is 2. The maximum absolute atomic E-state index is 13.5. The number of sulfone groups is 1. The van der Waals surface area contributed by atoms with Crippen LogP contribution in [0.2, 0.25) is 0 Å². The standard InChI is InChI=1S/C29H31N3O5S/c1-6-23-20(15-21(36-4)17-28(23)37-5)16-26-27(31-25-10-8-7-9-24(25)30-26)18-38(34,35)22-13-11-19(12-14-22)29(33)32(2)3/h7-15,17H,6,16,18H2,1-5H3. The van der Waals surface area contributed by atoms with E-state index in [-0.39, 0.29) is 16.6 Å². The largest absolute Gasteiger partial charge is 0.497 e. The molecule has 3 aromatic carbocycles. The Hall–Kier alpha value is -3.98. The number of amides is 1. The van der Waals surface area contributed by atoms with Crippen molar-refractivity contribution < 1.29 is 22.7 Å². The lowest BCUT2D eigenvalue weighted by atomic mass is 9.98. The molecule has 4 aromatic rings. The first-order valence-corrected chi connectivity index (χ1v) is 13.8. The van der Waals surface area contributed by atoms with Gasteiger partial charge in [0.25, 0.3) is 5.91 Å². The molecule has 1 amide bonds. The van der Waals surface area contributed by atoms with Gasteiger partial charge < -0.3 is 14.4 Å². The van der Waals surface area contributed by atoms with Gasteiger partial charge in [-0.15, -0.1) is 0 Å². The molecule has 0 saturated heterocycles. The van der Waals surface area contributed by atoms with E-state index in [1.807, 2.05) is 43.3 Å². The molecule has 0 saturated carbocycles. The molecule has 38 heavy (non-hydrogen) atoms. The van der Waals surface area contributed by atoms with Crippen LogP contribution in [-0.2, 0) is 28.4 Å². The lowest BCUT2D eigenvalue weighted by Gasteiger charge is -2.16. The Bertz CT molecular complexity index is 1580. The summed E-state index contributed by atoms with van der Waals surface area (Å²) in [6.45, 7) is 2.04. The van der Waals surface area contributed by atoms with Crippen molar-refractivity contribution in [2.75, 3.05) is 28.3 Å². The highest BCUT2D eigenvalue weighted by Gasteiger charge is 2.22. The molecule has 0 fully saturated rings. The quantitative estimate of drug-likeness (QED) is 0.313. The van der Waals surface area contributed by atoms with Gasteiger partial charge in [-0.05, 0) is 60.0 Å². The topological polar surface area (TPSA) is 98.7 Å². The van der Waals surface area contributed by atoms with Crippen molar-refractivity contribution in [3.63, 3.8) is 0 Å². The molecule has 0 bridgehead atoms. The minimum absolute atomic E-state index is 0.117. The lowest BCUT2D eigenvalue weighted by molar-refractivity contribution is 0.0827. The average Bonchev–Trinajstić information content (AvgIpc) is 2.92. The molecule has 198 valence electrons. The zero-order chi connectivity index (χ0) is 27.4. The molecular formula is C29H31N3O5S. The average molecular weight is 534 g/mol. The Balaban J connectivity index is 1.77. The molecule has 0 radical (unpaired) electrons. The predicted molar refractivity (Wildman–Crippen MR) is 147 cm³/mol. The minimum Gasteiger partial charge on any atom is -0.497 e. The molecule has 8 nitrogen and oxygen atoms in total. The summed E-state index contributed by atoms with van der Waals surface area (Å²) in [4.78, 5) is 23.3. The maximum Gasteiger partial charge on any atom is 0.253 e. The summed E-state index contributed by atoms with van der Waals surface area (Å²) in [7, 11) is 2.72. The highest BCUT2D eigenvalue weighted by atomic mass is 32.2. The van der Waals surface area contributed by atoms with Crippen molar-refractivity contribution in [2.24, 2.45) is 0 Å². The van der Waals surface area contributed by atoms with Crippen molar-refractivity contribution in [1.29, 1.82) is 0 Å². The fourth-order valence-corrected chi connectivity index (χ4v) is 5.68. The first-order valence-electron chi connectivity index (χ1n) is 12.2. The SMILES string of the molecule is CCc1c(Cc2nc3ccccc3nc2CS(=O)(=O)c2ccc(C(=O)N(C)C)cc2)cc(OC)cc1OC. The van der Waals surface area contributed by atoms with Crippen LogP contribution in [-0.4, -0.2) is 57.5 Å². The van der Waals surface area contributed by atoms with Crippen molar-refractivity contribution in [1.82, 2.24) is 14.9 Å². The van der Waals surface area contributed by atoms with E-state index in [1.165, 1.54) is 29.2 Å². The summed E-state index contributed by atoms with van der Waals surface area (Å²) < 4.78 is 38.0. The van der Waals surface area contributed by atoms with Crippen LogP contribution in [0.5, 0.6) is 11.5 Å². The van der Waals surface area contributed by atoms with Gasteiger partial charge in [-0.3, -0.25) is 4.79 Å². The summed E-state index contributed by atoms with van der Waals surface area (Å²) in [5.74, 6) is 0.822. The Morgan fingerprint density at radius 3 is 2.08 bits per heavy atom. The fourth-order valence-electron chi connectivity index (χ4n) is 4.37. The van der Waals surface area contributed by atoms with Gasteiger partial charge in [-0.1, -0.05) is 19.1 Å². The molecule has 0 unspecified atom stereocenters. The van der Waals surface area contributed by atoms with Gasteiger partial charge in [0.05, 0.1) is 47.3 Å². The molecule has 0 N–H and O–H groups in total. The molecule has 0 spiro atoms. The smallest absolute Gasteiger partial charge is 0.253 e. The van der Waals surface area contributed by atoms with E-state index in [4.69, 9.17) is 19.4 Å². The number of hydrogen-bond donors (Lipinski definition) is 0.